The van der Waals surface area contributed by atoms with Crippen LogP contribution in [0.3, 0.4) is 0 Å². The molecule has 2 aliphatic rings. The number of carbonyl (C=O) groups is 1. The monoisotopic (exact) mass is 431 g/mol. The molecule has 9 heteroatoms. The Kier molecular flexibility index (Phi) is 5.24. The maximum absolute atomic E-state index is 15.0. The summed E-state index contributed by atoms with van der Waals surface area (Å²) in [4.78, 5) is 27.1. The summed E-state index contributed by atoms with van der Waals surface area (Å²) in [6.45, 7) is 3.79. The molecule has 8 nitrogen and oxygen atoms in total. The number of nitrogens with zero attached hydrogens (tertiary/aromatic N) is 5. The summed E-state index contributed by atoms with van der Waals surface area (Å²) in [5, 5.41) is 6.96. The Bertz CT molecular complexity index is 1200. The molecule has 0 spiro atoms. The lowest BCUT2D eigenvalue weighted by atomic mass is 10.0. The Labute approximate surface area is 184 Å². The van der Waals surface area contributed by atoms with Crippen molar-refractivity contribution in [3.63, 3.8) is 0 Å². The van der Waals surface area contributed by atoms with Gasteiger partial charge in [0.05, 0.1) is 29.7 Å². The first-order chi connectivity index (χ1) is 15.6. The van der Waals surface area contributed by atoms with Crippen molar-refractivity contribution in [2.24, 2.45) is 0 Å². The van der Waals surface area contributed by atoms with Gasteiger partial charge in [0.15, 0.2) is 0 Å². The normalized spacial score (nSPS) is 17.6. The topological polar surface area (TPSA) is 94.3 Å². The van der Waals surface area contributed by atoms with Crippen molar-refractivity contribution in [2.75, 3.05) is 29.9 Å². The number of hydrogen-bond acceptors (Lipinski definition) is 7. The average Bonchev–Trinajstić information content (AvgIpc) is 2.79. The van der Waals surface area contributed by atoms with Gasteiger partial charge in [-0.15, -0.1) is 0 Å². The van der Waals surface area contributed by atoms with Crippen LogP contribution < -0.4 is 15.5 Å². The van der Waals surface area contributed by atoms with Crippen LogP contribution in [0, 0.1) is 5.82 Å². The van der Waals surface area contributed by atoms with Gasteiger partial charge in [-0.05, 0) is 42.8 Å². The van der Waals surface area contributed by atoms with Crippen LogP contribution in [0.15, 0.2) is 49.2 Å². The Morgan fingerprint density at radius 3 is 2.84 bits per heavy atom. The number of nitrogens with one attached hydrogen (secondary N) is 1. The van der Waals surface area contributed by atoms with Gasteiger partial charge in [0.2, 0.25) is 0 Å². The van der Waals surface area contributed by atoms with E-state index in [1.807, 2.05) is 11.8 Å². The van der Waals surface area contributed by atoms with Crippen LogP contribution in [0.5, 0.6) is 0 Å². The van der Waals surface area contributed by atoms with E-state index >= 15 is 0 Å². The van der Waals surface area contributed by atoms with Gasteiger partial charge < -0.3 is 15.0 Å². The minimum Gasteiger partial charge on any atom is -0.375 e. The highest BCUT2D eigenvalue weighted by Crippen LogP contribution is 2.31. The summed E-state index contributed by atoms with van der Waals surface area (Å²) in [5.74, 6) is -0.471. The molecule has 1 N–H and O–H groups in total. The number of morpholine rings is 1. The maximum atomic E-state index is 15.0. The van der Waals surface area contributed by atoms with E-state index in [0.29, 0.717) is 59.3 Å². The van der Waals surface area contributed by atoms with Crippen molar-refractivity contribution in [1.29, 1.82) is 0 Å². The number of aromatic nitrogens is 3. The summed E-state index contributed by atoms with van der Waals surface area (Å²) in [7, 11) is 0. The lowest BCUT2D eigenvalue weighted by molar-refractivity contribution is 0.0530. The zero-order valence-electron chi connectivity index (χ0n) is 17.3. The predicted octanol–water partition coefficient (Wildman–Crippen LogP) is 3.38. The average molecular weight is 431 g/mol. The summed E-state index contributed by atoms with van der Waals surface area (Å²) < 4.78 is 20.5. The quantitative estimate of drug-likeness (QED) is 0.677. The third-order valence-electron chi connectivity index (χ3n) is 5.36. The third kappa shape index (κ3) is 3.90. The van der Waals surface area contributed by atoms with E-state index in [0.717, 1.165) is 0 Å². The van der Waals surface area contributed by atoms with Gasteiger partial charge in [0.25, 0.3) is 5.91 Å². The van der Waals surface area contributed by atoms with Gasteiger partial charge >= 0.3 is 0 Å². The molecule has 1 atom stereocenters. The lowest BCUT2D eigenvalue weighted by Crippen LogP contribution is -2.41. The SMILES string of the molecule is C[C@@H]1CN(c2ccc(Nc3nc(-c4cncnc4)cc4c3C(=O)[N]C=C4)cc2F)CCO1. The molecular formula is C23H20FN6O2. The van der Waals surface area contributed by atoms with Crippen LogP contribution in [0.2, 0.25) is 0 Å². The molecule has 1 amide bonds. The second-order valence-electron chi connectivity index (χ2n) is 7.62. The maximum Gasteiger partial charge on any atom is 0.281 e. The second-order valence-corrected chi connectivity index (χ2v) is 7.62. The standard InChI is InChI=1S/C23H20FN6O2/c1-14-12-30(6-7-32-14)20-3-2-17(9-18(20)24)28-22-21-15(4-5-27-23(21)31)8-19(29-22)16-10-25-13-26-11-16/h2-5,8-11,13-14H,6-7,12H2,1H3,(H,28,29)/t14-/m1/s1. The number of ether oxygens (including phenoxy) is 1. The molecule has 161 valence electrons. The molecule has 0 bridgehead atoms. The zero-order valence-corrected chi connectivity index (χ0v) is 17.3. The number of benzene rings is 1. The Hall–Kier alpha value is -3.85. The number of carbonyl (C=O) groups excluding carboxylic acids is 1. The van der Waals surface area contributed by atoms with Crippen molar-refractivity contribution in [1.82, 2.24) is 20.3 Å². The van der Waals surface area contributed by atoms with E-state index in [4.69, 9.17) is 4.74 Å². The van der Waals surface area contributed by atoms with Crippen LogP contribution in [-0.2, 0) is 4.74 Å². The molecule has 1 radical (unpaired) electrons. The van der Waals surface area contributed by atoms with Gasteiger partial charge in [-0.3, -0.25) is 4.79 Å². The minimum atomic E-state index is -0.409. The highest BCUT2D eigenvalue weighted by molar-refractivity contribution is 6.05. The van der Waals surface area contributed by atoms with Gasteiger partial charge in [-0.25, -0.2) is 24.7 Å². The Balaban J connectivity index is 1.50. The molecule has 0 unspecified atom stereocenters. The molecule has 0 saturated carbocycles. The molecule has 2 aliphatic heterocycles. The summed E-state index contributed by atoms with van der Waals surface area (Å²) in [6, 6.07) is 6.68. The Morgan fingerprint density at radius 1 is 1.22 bits per heavy atom. The number of halogens is 1. The molecule has 32 heavy (non-hydrogen) atoms. The van der Waals surface area contributed by atoms with E-state index in [9.17, 15) is 9.18 Å². The van der Waals surface area contributed by atoms with Gasteiger partial charge in [0.1, 0.15) is 18.0 Å². The second kappa shape index (κ2) is 8.35. The van der Waals surface area contributed by atoms with E-state index < -0.39 is 5.91 Å². The van der Waals surface area contributed by atoms with Crippen molar-refractivity contribution < 1.29 is 13.9 Å². The van der Waals surface area contributed by atoms with E-state index in [-0.39, 0.29) is 11.9 Å². The predicted molar refractivity (Wildman–Crippen MR) is 118 cm³/mol. The van der Waals surface area contributed by atoms with E-state index in [2.05, 4.69) is 25.6 Å². The van der Waals surface area contributed by atoms with Crippen molar-refractivity contribution in [2.45, 2.75) is 13.0 Å². The van der Waals surface area contributed by atoms with Crippen molar-refractivity contribution in [3.8, 4) is 11.3 Å². The fourth-order valence-electron chi connectivity index (χ4n) is 3.86. The lowest BCUT2D eigenvalue weighted by Gasteiger charge is -2.33. The molecule has 0 aliphatic carbocycles. The molecule has 4 heterocycles. The molecule has 3 aromatic rings. The van der Waals surface area contributed by atoms with Gasteiger partial charge in [-0.1, -0.05) is 0 Å². The molecule has 2 aromatic heterocycles. The molecular weight excluding hydrogens is 411 g/mol. The highest BCUT2D eigenvalue weighted by atomic mass is 19.1. The van der Waals surface area contributed by atoms with Crippen molar-refractivity contribution >= 4 is 29.2 Å². The number of pyridine rings is 1. The van der Waals surface area contributed by atoms with Crippen LogP contribution in [0.1, 0.15) is 22.8 Å². The summed E-state index contributed by atoms with van der Waals surface area (Å²) >= 11 is 0. The van der Waals surface area contributed by atoms with E-state index in [1.54, 1.807) is 36.7 Å². The molecule has 5 rings (SSSR count). The summed E-state index contributed by atoms with van der Waals surface area (Å²) in [5.41, 5.74) is 3.28. The van der Waals surface area contributed by atoms with Crippen LogP contribution in [0.25, 0.3) is 17.3 Å². The first kappa shape index (κ1) is 20.1. The van der Waals surface area contributed by atoms with E-state index in [1.165, 1.54) is 18.6 Å². The summed E-state index contributed by atoms with van der Waals surface area (Å²) in [6.07, 6.45) is 7.95. The largest absolute Gasteiger partial charge is 0.375 e. The first-order valence-electron chi connectivity index (χ1n) is 10.2. The zero-order chi connectivity index (χ0) is 22.1. The fourth-order valence-corrected chi connectivity index (χ4v) is 3.86. The van der Waals surface area contributed by atoms with Crippen LogP contribution in [0.4, 0.5) is 21.6 Å². The number of anilines is 3. The molecule has 1 saturated heterocycles. The third-order valence-corrected chi connectivity index (χ3v) is 5.36. The Morgan fingerprint density at radius 2 is 2.06 bits per heavy atom. The highest BCUT2D eigenvalue weighted by Gasteiger charge is 2.23. The van der Waals surface area contributed by atoms with Crippen LogP contribution >= 0.6 is 0 Å². The fraction of sp³-hybridized carbons (Fsp3) is 0.217. The molecule has 1 aromatic carbocycles. The molecule has 1 fully saturated rings. The first-order valence-corrected chi connectivity index (χ1v) is 10.2. The number of hydrogen-bond donors (Lipinski definition) is 1. The minimum absolute atomic E-state index is 0.0456. The van der Waals surface area contributed by atoms with Crippen LogP contribution in [-0.4, -0.2) is 46.7 Å². The number of rotatable bonds is 4. The number of fused-ring (bicyclic) bond motifs is 1. The smallest absolute Gasteiger partial charge is 0.281 e. The van der Waals surface area contributed by atoms with Gasteiger partial charge in [0, 0.05) is 42.9 Å². The van der Waals surface area contributed by atoms with Gasteiger partial charge in [-0.2, -0.15) is 0 Å². The van der Waals surface area contributed by atoms with Crippen molar-refractivity contribution in [3.05, 3.63) is 66.1 Å². The number of amides is 1.